The summed E-state index contributed by atoms with van der Waals surface area (Å²) in [6.07, 6.45) is 0. The van der Waals surface area contributed by atoms with Gasteiger partial charge in [0.05, 0.1) is 0 Å². The fraction of sp³-hybridized carbons (Fsp3) is 0.500. The normalized spacial score (nSPS) is 9.00. The van der Waals surface area contributed by atoms with Crippen LogP contribution in [-0.4, -0.2) is 20.2 Å². The molecule has 0 aromatic carbocycles. The molecule has 1 N–H and O–H groups in total. The van der Waals surface area contributed by atoms with Gasteiger partial charge in [-0.25, -0.2) is 0 Å². The zero-order valence-corrected chi connectivity index (χ0v) is 4.28. The monoisotopic (exact) mass is 87.0 g/mol. The summed E-state index contributed by atoms with van der Waals surface area (Å²) < 4.78 is 0. The van der Waals surface area contributed by atoms with Crippen LogP contribution in [0.2, 0.25) is 0 Å². The molecule has 0 aromatic heterocycles. The van der Waals surface area contributed by atoms with E-state index in [1.807, 2.05) is 13.7 Å². The van der Waals surface area contributed by atoms with E-state index >= 15 is 0 Å². The van der Waals surface area contributed by atoms with Gasteiger partial charge in [-0.05, 0) is 0 Å². The summed E-state index contributed by atoms with van der Waals surface area (Å²) in [5.74, 6) is 0. The third kappa shape index (κ3) is 4.32. The third-order valence-corrected chi connectivity index (χ3v) is 0.739. The number of nitrogens with one attached hydrogen (secondary N) is 1. The van der Waals surface area contributed by atoms with Crippen molar-refractivity contribution in [2.45, 2.75) is 0 Å². The Bertz CT molecular complexity index is 30.8. The second kappa shape index (κ2) is 4.32. The van der Waals surface area contributed by atoms with Crippen molar-refractivity contribution in [1.82, 2.24) is 5.09 Å². The van der Waals surface area contributed by atoms with Gasteiger partial charge in [-0.3, -0.25) is 0 Å². The average molecular weight is 86.9 g/mol. The van der Waals surface area contributed by atoms with Gasteiger partial charge in [-0.2, -0.15) is 0 Å². The molecule has 0 saturated carbocycles. The summed E-state index contributed by atoms with van der Waals surface area (Å²) in [5, 5.41) is 2.93. The molecule has 0 amide bonds. The molecule has 0 fully saturated rings. The third-order valence-electron chi connectivity index (χ3n) is 0.246. The van der Waals surface area contributed by atoms with Crippen molar-refractivity contribution in [2.24, 2.45) is 0 Å². The van der Waals surface area contributed by atoms with Crippen LogP contribution in [0, 0.1) is 0 Å². The molecule has 1 nitrogen and oxygen atoms in total. The van der Waals surface area contributed by atoms with Crippen molar-refractivity contribution in [1.29, 1.82) is 0 Å². The molecule has 0 aliphatic carbocycles. The van der Waals surface area contributed by atoms with Gasteiger partial charge in [0.1, 0.15) is 0 Å². The molecule has 0 aliphatic heterocycles. The maximum absolute atomic E-state index is 3.50. The van der Waals surface area contributed by atoms with E-state index in [4.69, 9.17) is 0 Å². The molecule has 0 aromatic rings. The summed E-state index contributed by atoms with van der Waals surface area (Å²) in [6, 6.07) is 0. The predicted molar refractivity (Wildman–Crippen MR) is 30.2 cm³/mol. The number of hydrogen-bond acceptors (Lipinski definition) is 1. The van der Waals surface area contributed by atoms with Crippen LogP contribution in [0.4, 0.5) is 0 Å². The van der Waals surface area contributed by atoms with Crippen LogP contribution in [0.5, 0.6) is 0 Å². The van der Waals surface area contributed by atoms with E-state index in [0.717, 1.165) is 0 Å². The Morgan fingerprint density at radius 2 is 2.60 bits per heavy atom. The standard InChI is InChI=1S/C2H7BNP/c1-3-5-4-2/h4-5H,1H2,2H3. The van der Waals surface area contributed by atoms with Crippen molar-refractivity contribution in [3.63, 3.8) is 0 Å². The average Bonchev–Trinajstić information content (AvgIpc) is 1.41. The quantitative estimate of drug-likeness (QED) is 0.364. The Kier molecular flexibility index (Phi) is 4.61. The fourth-order valence-corrected chi connectivity index (χ4v) is 0.306. The Labute approximate surface area is 34.9 Å². The first-order chi connectivity index (χ1) is 2.41. The number of rotatable bonds is 2. The SMILES string of the molecule is C=BPNC. The Hall–Kier alpha value is 0.325. The maximum atomic E-state index is 3.50. The van der Waals surface area contributed by atoms with E-state index in [1.165, 1.54) is 0 Å². The Morgan fingerprint density at radius 3 is 2.60 bits per heavy atom. The van der Waals surface area contributed by atoms with Crippen molar-refractivity contribution >= 4 is 21.7 Å². The van der Waals surface area contributed by atoms with Crippen molar-refractivity contribution < 1.29 is 0 Å². The van der Waals surface area contributed by atoms with Crippen LogP contribution in [0.25, 0.3) is 0 Å². The number of hydrogen-bond donors (Lipinski definition) is 1. The molecule has 1 atom stereocenters. The van der Waals surface area contributed by atoms with Gasteiger partial charge in [0.2, 0.25) is 0 Å². The molecule has 3 heteroatoms. The molecular weight excluding hydrogens is 79.8 g/mol. The van der Waals surface area contributed by atoms with Gasteiger partial charge in [-0.1, -0.05) is 0 Å². The van der Waals surface area contributed by atoms with Gasteiger partial charge in [-0.15, -0.1) is 0 Å². The first kappa shape index (κ1) is 5.32. The van der Waals surface area contributed by atoms with Gasteiger partial charge in [0, 0.05) is 0 Å². The minimum absolute atomic E-state index is 0.711. The zero-order valence-electron chi connectivity index (χ0n) is 3.28. The summed E-state index contributed by atoms with van der Waals surface area (Å²) in [5.41, 5.74) is 0. The van der Waals surface area contributed by atoms with E-state index in [1.54, 1.807) is 0 Å². The van der Waals surface area contributed by atoms with E-state index < -0.39 is 0 Å². The Balaban J connectivity index is 2.40. The first-order valence-electron chi connectivity index (χ1n) is 1.45. The summed E-state index contributed by atoms with van der Waals surface area (Å²) >= 11 is 0. The molecule has 0 aliphatic rings. The summed E-state index contributed by atoms with van der Waals surface area (Å²) in [6.45, 7) is 5.35. The van der Waals surface area contributed by atoms with Crippen molar-refractivity contribution in [2.75, 3.05) is 7.05 Å². The van der Waals surface area contributed by atoms with Gasteiger partial charge >= 0.3 is 33.9 Å². The van der Waals surface area contributed by atoms with Gasteiger partial charge in [0.25, 0.3) is 0 Å². The zero-order chi connectivity index (χ0) is 4.12. The van der Waals surface area contributed by atoms with Crippen LogP contribution in [0.1, 0.15) is 0 Å². The van der Waals surface area contributed by atoms with E-state index in [0.29, 0.717) is 8.61 Å². The molecule has 28 valence electrons. The van der Waals surface area contributed by atoms with Crippen molar-refractivity contribution in [3.05, 3.63) is 0 Å². The second-order valence-corrected chi connectivity index (χ2v) is 1.80. The fourth-order valence-electron chi connectivity index (χ4n) is 0.102. The molecule has 0 bridgehead atoms. The van der Waals surface area contributed by atoms with Crippen LogP contribution in [0.3, 0.4) is 0 Å². The van der Waals surface area contributed by atoms with Crippen LogP contribution < -0.4 is 5.09 Å². The minimum atomic E-state index is 0.711. The first-order valence-corrected chi connectivity index (χ1v) is 2.52. The summed E-state index contributed by atoms with van der Waals surface area (Å²) in [4.78, 5) is 0. The van der Waals surface area contributed by atoms with E-state index in [2.05, 4.69) is 11.6 Å². The molecule has 1 unspecified atom stereocenters. The summed E-state index contributed by atoms with van der Waals surface area (Å²) in [7, 11) is 2.61. The predicted octanol–water partition coefficient (Wildman–Crippen LogP) is -0.150. The van der Waals surface area contributed by atoms with Gasteiger partial charge < -0.3 is 0 Å². The molecule has 0 radical (unpaired) electrons. The molecule has 0 spiro atoms. The molecule has 0 heterocycles. The van der Waals surface area contributed by atoms with Gasteiger partial charge in [0.15, 0.2) is 0 Å². The van der Waals surface area contributed by atoms with Crippen LogP contribution in [0.15, 0.2) is 0 Å². The molecule has 0 saturated heterocycles. The second-order valence-electron chi connectivity index (χ2n) is 0.598. The van der Waals surface area contributed by atoms with E-state index in [9.17, 15) is 0 Å². The van der Waals surface area contributed by atoms with Crippen molar-refractivity contribution in [3.8, 4) is 0 Å². The molecular formula is C2H7BNP. The topological polar surface area (TPSA) is 12.0 Å². The molecule has 0 rings (SSSR count). The molecule has 5 heavy (non-hydrogen) atoms. The Morgan fingerprint density at radius 1 is 2.00 bits per heavy atom. The van der Waals surface area contributed by atoms with Crippen LogP contribution >= 0.6 is 8.61 Å². The van der Waals surface area contributed by atoms with Crippen LogP contribution in [-0.2, 0) is 0 Å². The van der Waals surface area contributed by atoms with E-state index in [-0.39, 0.29) is 0 Å².